The van der Waals surface area contributed by atoms with E-state index in [1.54, 1.807) is 6.92 Å². The lowest BCUT2D eigenvalue weighted by Crippen LogP contribution is -2.31. The van der Waals surface area contributed by atoms with Crippen LogP contribution < -0.4 is 0 Å². The van der Waals surface area contributed by atoms with Gasteiger partial charge >= 0.3 is 0 Å². The first-order chi connectivity index (χ1) is 8.09. The number of Topliss-reactive ketones (excluding diaryl/α,β-unsaturated/α-hetero) is 1. The van der Waals surface area contributed by atoms with Crippen LogP contribution in [0.1, 0.15) is 29.3 Å². The molecule has 0 aromatic heterocycles. The van der Waals surface area contributed by atoms with E-state index in [-0.39, 0.29) is 29.1 Å². The molecule has 0 amide bonds. The van der Waals surface area contributed by atoms with E-state index in [1.165, 1.54) is 0 Å². The van der Waals surface area contributed by atoms with Crippen molar-refractivity contribution < 1.29 is 9.72 Å². The molecular formula is C13H15NO3. The number of benzene rings is 1. The van der Waals surface area contributed by atoms with Gasteiger partial charge in [0.25, 0.3) is 0 Å². The van der Waals surface area contributed by atoms with E-state index < -0.39 is 0 Å². The number of carbonyl (C=O) groups is 1. The molecule has 90 valence electrons. The van der Waals surface area contributed by atoms with E-state index in [1.807, 2.05) is 24.3 Å². The second-order valence-corrected chi connectivity index (χ2v) is 4.66. The van der Waals surface area contributed by atoms with Crippen LogP contribution in [0.2, 0.25) is 0 Å². The van der Waals surface area contributed by atoms with Crippen molar-refractivity contribution in [2.45, 2.75) is 19.8 Å². The molecule has 0 heterocycles. The van der Waals surface area contributed by atoms with E-state index in [2.05, 4.69) is 0 Å². The summed E-state index contributed by atoms with van der Waals surface area (Å²) in [5, 5.41) is 10.5. The van der Waals surface area contributed by atoms with Gasteiger partial charge in [-0.2, -0.15) is 0 Å². The van der Waals surface area contributed by atoms with Crippen molar-refractivity contribution >= 4 is 5.78 Å². The molecule has 17 heavy (non-hydrogen) atoms. The second kappa shape index (κ2) is 4.65. The Morgan fingerprint density at radius 3 is 2.88 bits per heavy atom. The first-order valence-electron chi connectivity index (χ1n) is 5.83. The summed E-state index contributed by atoms with van der Waals surface area (Å²) in [6.45, 7) is 1.66. The number of carbonyl (C=O) groups excluding carboxylic acids is 1. The third kappa shape index (κ3) is 2.35. The Kier molecular flexibility index (Phi) is 3.22. The molecule has 0 saturated heterocycles. The predicted octanol–water partition coefficient (Wildman–Crippen LogP) is 2.34. The molecule has 0 spiro atoms. The van der Waals surface area contributed by atoms with Crippen LogP contribution in [-0.2, 0) is 6.42 Å². The van der Waals surface area contributed by atoms with E-state index in [0.29, 0.717) is 0 Å². The fourth-order valence-electron chi connectivity index (χ4n) is 2.53. The van der Waals surface area contributed by atoms with Crippen LogP contribution in [0, 0.1) is 22.0 Å². The topological polar surface area (TPSA) is 60.2 Å². The average molecular weight is 233 g/mol. The number of fused-ring (bicyclic) bond motifs is 1. The molecule has 0 N–H and O–H groups in total. The maximum Gasteiger partial charge on any atom is 0.207 e. The van der Waals surface area contributed by atoms with Crippen LogP contribution in [0.5, 0.6) is 0 Å². The molecule has 4 heteroatoms. The van der Waals surface area contributed by atoms with Crippen molar-refractivity contribution in [2.75, 3.05) is 6.54 Å². The maximum absolute atomic E-state index is 12.2. The van der Waals surface area contributed by atoms with E-state index in [0.717, 1.165) is 24.0 Å². The lowest BCUT2D eigenvalue weighted by molar-refractivity contribution is -0.488. The number of hydrogen-bond donors (Lipinski definition) is 0. The predicted molar refractivity (Wildman–Crippen MR) is 63.6 cm³/mol. The molecule has 0 fully saturated rings. The van der Waals surface area contributed by atoms with Crippen LogP contribution in [0.3, 0.4) is 0 Å². The Bertz CT molecular complexity index is 456. The van der Waals surface area contributed by atoms with Crippen LogP contribution in [-0.4, -0.2) is 17.3 Å². The van der Waals surface area contributed by atoms with Gasteiger partial charge in [0.1, 0.15) is 0 Å². The Morgan fingerprint density at radius 1 is 1.47 bits per heavy atom. The molecule has 1 aliphatic rings. The number of aryl methyl sites for hydroxylation is 1. The highest BCUT2D eigenvalue weighted by molar-refractivity contribution is 6.00. The molecule has 1 aromatic carbocycles. The summed E-state index contributed by atoms with van der Waals surface area (Å²) in [7, 11) is 0. The largest absolute Gasteiger partial charge is 0.294 e. The third-order valence-electron chi connectivity index (χ3n) is 3.47. The minimum absolute atomic E-state index is 0.0706. The Balaban J connectivity index is 2.20. The monoisotopic (exact) mass is 233 g/mol. The zero-order valence-electron chi connectivity index (χ0n) is 9.76. The van der Waals surface area contributed by atoms with Gasteiger partial charge < -0.3 is 0 Å². The minimum atomic E-state index is -0.335. The molecule has 4 nitrogen and oxygen atoms in total. The molecule has 0 bridgehead atoms. The highest BCUT2D eigenvalue weighted by Crippen LogP contribution is 2.30. The standard InChI is InChI=1S/C13H15NO3/c1-9(8-14(16)17)11-7-6-10-4-2-3-5-12(10)13(11)15/h2-5,9,11H,6-8H2,1H3. The van der Waals surface area contributed by atoms with E-state index in [9.17, 15) is 14.9 Å². The first kappa shape index (κ1) is 11.8. The lowest BCUT2D eigenvalue weighted by Gasteiger charge is -2.26. The second-order valence-electron chi connectivity index (χ2n) is 4.66. The normalized spacial score (nSPS) is 20.8. The molecule has 2 rings (SSSR count). The average Bonchev–Trinajstić information content (AvgIpc) is 2.28. The quantitative estimate of drug-likeness (QED) is 0.594. The number of rotatable bonds is 3. The summed E-state index contributed by atoms with van der Waals surface area (Å²) in [5.74, 6) is -0.317. The van der Waals surface area contributed by atoms with Crippen LogP contribution in [0.15, 0.2) is 24.3 Å². The first-order valence-corrected chi connectivity index (χ1v) is 5.83. The third-order valence-corrected chi connectivity index (χ3v) is 3.47. The van der Waals surface area contributed by atoms with Gasteiger partial charge in [0, 0.05) is 22.3 Å². The summed E-state index contributed by atoms with van der Waals surface area (Å²) in [5.41, 5.74) is 1.82. The van der Waals surface area contributed by atoms with Gasteiger partial charge in [0.15, 0.2) is 5.78 Å². The number of hydrogen-bond acceptors (Lipinski definition) is 3. The molecular weight excluding hydrogens is 218 g/mol. The highest BCUT2D eigenvalue weighted by Gasteiger charge is 2.33. The van der Waals surface area contributed by atoms with Gasteiger partial charge in [-0.05, 0) is 18.4 Å². The van der Waals surface area contributed by atoms with Gasteiger partial charge in [-0.25, -0.2) is 0 Å². The summed E-state index contributed by atoms with van der Waals surface area (Å²) >= 11 is 0. The molecule has 2 atom stereocenters. The lowest BCUT2D eigenvalue weighted by atomic mass is 9.77. The van der Waals surface area contributed by atoms with Crippen LogP contribution >= 0.6 is 0 Å². The molecule has 1 aromatic rings. The summed E-state index contributed by atoms with van der Waals surface area (Å²) in [6, 6.07) is 7.55. The number of nitrogens with zero attached hydrogens (tertiary/aromatic N) is 1. The van der Waals surface area contributed by atoms with E-state index in [4.69, 9.17) is 0 Å². The van der Waals surface area contributed by atoms with Crippen LogP contribution in [0.4, 0.5) is 0 Å². The molecule has 2 unspecified atom stereocenters. The fraction of sp³-hybridized carbons (Fsp3) is 0.462. The van der Waals surface area contributed by atoms with Crippen LogP contribution in [0.25, 0.3) is 0 Å². The van der Waals surface area contributed by atoms with Crippen molar-refractivity contribution in [1.82, 2.24) is 0 Å². The highest BCUT2D eigenvalue weighted by atomic mass is 16.6. The van der Waals surface area contributed by atoms with Crippen molar-refractivity contribution in [2.24, 2.45) is 11.8 Å². The fourth-order valence-corrected chi connectivity index (χ4v) is 2.53. The SMILES string of the molecule is CC(C[N+](=O)[O-])C1CCc2ccccc2C1=O. The van der Waals surface area contributed by atoms with Gasteiger partial charge in [0.05, 0.1) is 0 Å². The van der Waals surface area contributed by atoms with Crippen molar-refractivity contribution in [3.05, 3.63) is 45.5 Å². The number of ketones is 1. The zero-order chi connectivity index (χ0) is 12.4. The Morgan fingerprint density at radius 2 is 2.18 bits per heavy atom. The van der Waals surface area contributed by atoms with Crippen molar-refractivity contribution in [3.8, 4) is 0 Å². The van der Waals surface area contributed by atoms with Gasteiger partial charge in [-0.15, -0.1) is 0 Å². The summed E-state index contributed by atoms with van der Waals surface area (Å²) < 4.78 is 0. The Labute approximate surface area is 99.8 Å². The van der Waals surface area contributed by atoms with Crippen molar-refractivity contribution in [1.29, 1.82) is 0 Å². The number of nitro groups is 1. The zero-order valence-corrected chi connectivity index (χ0v) is 9.76. The van der Waals surface area contributed by atoms with E-state index >= 15 is 0 Å². The molecule has 0 saturated carbocycles. The van der Waals surface area contributed by atoms with Gasteiger partial charge in [-0.3, -0.25) is 14.9 Å². The Hall–Kier alpha value is -1.71. The molecule has 0 radical (unpaired) electrons. The van der Waals surface area contributed by atoms with Gasteiger partial charge in [0.2, 0.25) is 6.54 Å². The minimum Gasteiger partial charge on any atom is -0.294 e. The smallest absolute Gasteiger partial charge is 0.207 e. The van der Waals surface area contributed by atoms with Crippen molar-refractivity contribution in [3.63, 3.8) is 0 Å². The molecule has 0 aliphatic heterocycles. The maximum atomic E-state index is 12.2. The molecule has 1 aliphatic carbocycles. The van der Waals surface area contributed by atoms with Gasteiger partial charge in [-0.1, -0.05) is 31.2 Å². The summed E-state index contributed by atoms with van der Waals surface area (Å²) in [4.78, 5) is 22.4. The summed E-state index contributed by atoms with van der Waals surface area (Å²) in [6.07, 6.45) is 1.57.